The summed E-state index contributed by atoms with van der Waals surface area (Å²) < 4.78 is 5.12. The van der Waals surface area contributed by atoms with Crippen molar-refractivity contribution in [2.45, 2.75) is 33.4 Å². The minimum Gasteiger partial charge on any atom is -0.475 e. The van der Waals surface area contributed by atoms with Crippen molar-refractivity contribution in [3.05, 3.63) is 23.2 Å². The Hall–Kier alpha value is -1.82. The third-order valence-corrected chi connectivity index (χ3v) is 2.53. The number of rotatable bonds is 6. The summed E-state index contributed by atoms with van der Waals surface area (Å²) in [6.45, 7) is 6.23. The molecule has 1 rings (SSSR count). The lowest BCUT2D eigenvalue weighted by Crippen LogP contribution is -2.38. The number of carbonyl (C=O) groups excluding carboxylic acids is 1. The normalized spacial score (nSPS) is 11.1. The molecule has 0 unspecified atom stereocenters. The number of hydrogen-bond acceptors (Lipinski definition) is 4. The van der Waals surface area contributed by atoms with Crippen molar-refractivity contribution in [1.82, 2.24) is 10.2 Å². The molecule has 0 spiro atoms. The van der Waals surface area contributed by atoms with E-state index in [9.17, 15) is 9.59 Å². The van der Waals surface area contributed by atoms with Gasteiger partial charge in [0.15, 0.2) is 0 Å². The van der Waals surface area contributed by atoms with Crippen LogP contribution in [0.4, 0.5) is 0 Å². The molecule has 0 aliphatic heterocycles. The van der Waals surface area contributed by atoms with Gasteiger partial charge in [-0.25, -0.2) is 4.79 Å². The Morgan fingerprint density at radius 3 is 2.58 bits per heavy atom. The summed E-state index contributed by atoms with van der Waals surface area (Å²) >= 11 is 0. The van der Waals surface area contributed by atoms with E-state index in [1.165, 1.54) is 6.07 Å². The first-order valence-corrected chi connectivity index (χ1v) is 6.10. The van der Waals surface area contributed by atoms with E-state index in [-0.39, 0.29) is 24.3 Å². The summed E-state index contributed by atoms with van der Waals surface area (Å²) in [6.07, 6.45) is 0. The molecule has 0 saturated heterocycles. The fourth-order valence-corrected chi connectivity index (χ4v) is 1.74. The predicted octanol–water partition coefficient (Wildman–Crippen LogP) is 1.24. The van der Waals surface area contributed by atoms with Gasteiger partial charge in [-0.1, -0.05) is 0 Å². The lowest BCUT2D eigenvalue weighted by Gasteiger charge is -2.16. The maximum Gasteiger partial charge on any atom is 0.371 e. The highest BCUT2D eigenvalue weighted by Gasteiger charge is 2.15. The Kier molecular flexibility index (Phi) is 5.11. The molecule has 1 aromatic heterocycles. The second-order valence-electron chi connectivity index (χ2n) is 4.89. The third-order valence-electron chi connectivity index (χ3n) is 2.53. The summed E-state index contributed by atoms with van der Waals surface area (Å²) in [5.74, 6) is -0.660. The summed E-state index contributed by atoms with van der Waals surface area (Å²) in [4.78, 5) is 24.2. The molecule has 6 heteroatoms. The highest BCUT2D eigenvalue weighted by molar-refractivity contribution is 5.84. The van der Waals surface area contributed by atoms with Crippen molar-refractivity contribution >= 4 is 11.9 Å². The molecule has 0 atom stereocenters. The zero-order valence-corrected chi connectivity index (χ0v) is 11.7. The Balaban J connectivity index is 2.59. The average Bonchev–Trinajstić information content (AvgIpc) is 2.58. The van der Waals surface area contributed by atoms with Crippen molar-refractivity contribution in [2.24, 2.45) is 0 Å². The number of carbonyl (C=O) groups is 2. The number of nitrogens with one attached hydrogen (secondary N) is 1. The molecular weight excluding hydrogens is 248 g/mol. The number of carboxylic acids is 1. The summed E-state index contributed by atoms with van der Waals surface area (Å²) in [6, 6.07) is 1.60. The van der Waals surface area contributed by atoms with E-state index in [1.807, 2.05) is 13.8 Å². The van der Waals surface area contributed by atoms with E-state index < -0.39 is 5.97 Å². The fraction of sp³-hybridized carbons (Fsp3) is 0.538. The van der Waals surface area contributed by atoms with Crippen LogP contribution in [-0.4, -0.2) is 41.5 Å². The van der Waals surface area contributed by atoms with Gasteiger partial charge in [-0.3, -0.25) is 9.69 Å². The number of furan rings is 1. The van der Waals surface area contributed by atoms with Gasteiger partial charge in [-0.2, -0.15) is 0 Å². The van der Waals surface area contributed by atoms with Gasteiger partial charge in [0.1, 0.15) is 5.76 Å². The van der Waals surface area contributed by atoms with Gasteiger partial charge >= 0.3 is 5.97 Å². The van der Waals surface area contributed by atoms with Crippen LogP contribution in [0.2, 0.25) is 0 Å². The molecule has 106 valence electrons. The summed E-state index contributed by atoms with van der Waals surface area (Å²) in [5, 5.41) is 11.6. The second-order valence-corrected chi connectivity index (χ2v) is 4.89. The van der Waals surface area contributed by atoms with Crippen LogP contribution in [0.3, 0.4) is 0 Å². The van der Waals surface area contributed by atoms with E-state index in [0.29, 0.717) is 12.3 Å². The number of aromatic carboxylic acids is 1. The van der Waals surface area contributed by atoms with Gasteiger partial charge in [-0.15, -0.1) is 0 Å². The van der Waals surface area contributed by atoms with Gasteiger partial charge in [0.05, 0.1) is 6.54 Å². The molecule has 1 amide bonds. The van der Waals surface area contributed by atoms with Gasteiger partial charge in [0, 0.05) is 18.2 Å². The first-order valence-electron chi connectivity index (χ1n) is 6.10. The zero-order chi connectivity index (χ0) is 14.6. The van der Waals surface area contributed by atoms with Crippen molar-refractivity contribution in [1.29, 1.82) is 0 Å². The maximum atomic E-state index is 11.6. The number of aryl methyl sites for hydroxylation is 1. The van der Waals surface area contributed by atoms with E-state index in [0.717, 1.165) is 5.56 Å². The van der Waals surface area contributed by atoms with Crippen molar-refractivity contribution in [3.63, 3.8) is 0 Å². The lowest BCUT2D eigenvalue weighted by molar-refractivity contribution is -0.122. The van der Waals surface area contributed by atoms with Crippen LogP contribution in [0.25, 0.3) is 0 Å². The summed E-state index contributed by atoms with van der Waals surface area (Å²) in [5.41, 5.74) is 0.775. The topological polar surface area (TPSA) is 82.8 Å². The SMILES string of the molecule is Cc1oc(C(=O)O)cc1CN(C)CC(=O)NC(C)C. The quantitative estimate of drug-likeness (QED) is 0.811. The van der Waals surface area contributed by atoms with Crippen molar-refractivity contribution in [3.8, 4) is 0 Å². The standard InChI is InChI=1S/C13H20N2O4/c1-8(2)14-12(16)7-15(4)6-10-5-11(13(17)18)19-9(10)3/h5,8H,6-7H2,1-4H3,(H,14,16)(H,17,18). The first-order chi connectivity index (χ1) is 8.79. The van der Waals surface area contributed by atoms with Crippen LogP contribution in [0.5, 0.6) is 0 Å². The molecule has 1 aromatic rings. The number of likely N-dealkylation sites (N-methyl/N-ethyl adjacent to an activating group) is 1. The van der Waals surface area contributed by atoms with Gasteiger partial charge in [0.2, 0.25) is 11.7 Å². The second kappa shape index (κ2) is 6.38. The number of amides is 1. The molecule has 0 aliphatic carbocycles. The maximum absolute atomic E-state index is 11.6. The van der Waals surface area contributed by atoms with Gasteiger partial charge in [0.25, 0.3) is 0 Å². The fourth-order valence-electron chi connectivity index (χ4n) is 1.74. The Labute approximate surface area is 112 Å². The van der Waals surface area contributed by atoms with E-state index >= 15 is 0 Å². The van der Waals surface area contributed by atoms with Crippen LogP contribution in [-0.2, 0) is 11.3 Å². The molecule has 2 N–H and O–H groups in total. The van der Waals surface area contributed by atoms with Crippen molar-refractivity contribution < 1.29 is 19.1 Å². The minimum absolute atomic E-state index is 0.0582. The van der Waals surface area contributed by atoms with Crippen LogP contribution in [0.1, 0.15) is 35.7 Å². The average molecular weight is 268 g/mol. The molecule has 0 fully saturated rings. The summed E-state index contributed by atoms with van der Waals surface area (Å²) in [7, 11) is 1.80. The third kappa shape index (κ3) is 4.75. The molecule has 0 saturated carbocycles. The molecular formula is C13H20N2O4. The molecule has 0 aliphatic rings. The van der Waals surface area contributed by atoms with E-state index in [4.69, 9.17) is 9.52 Å². The smallest absolute Gasteiger partial charge is 0.371 e. The van der Waals surface area contributed by atoms with Gasteiger partial charge < -0.3 is 14.8 Å². The highest BCUT2D eigenvalue weighted by Crippen LogP contribution is 2.16. The predicted molar refractivity (Wildman–Crippen MR) is 70.0 cm³/mol. The number of carboxylic acid groups (broad SMARTS) is 1. The molecule has 0 radical (unpaired) electrons. The van der Waals surface area contributed by atoms with E-state index in [1.54, 1.807) is 18.9 Å². The molecule has 6 nitrogen and oxygen atoms in total. The van der Waals surface area contributed by atoms with Crippen LogP contribution < -0.4 is 5.32 Å². The minimum atomic E-state index is -1.09. The van der Waals surface area contributed by atoms with Crippen LogP contribution >= 0.6 is 0 Å². The largest absolute Gasteiger partial charge is 0.475 e. The first kappa shape index (κ1) is 15.2. The number of hydrogen-bond donors (Lipinski definition) is 2. The van der Waals surface area contributed by atoms with Crippen LogP contribution in [0.15, 0.2) is 10.5 Å². The Bertz CT molecular complexity index is 465. The van der Waals surface area contributed by atoms with E-state index in [2.05, 4.69) is 5.32 Å². The van der Waals surface area contributed by atoms with Crippen molar-refractivity contribution in [2.75, 3.05) is 13.6 Å². The lowest BCUT2D eigenvalue weighted by atomic mass is 10.2. The molecule has 0 aromatic carbocycles. The molecule has 0 bridgehead atoms. The molecule has 1 heterocycles. The monoisotopic (exact) mass is 268 g/mol. The Morgan fingerprint density at radius 1 is 1.47 bits per heavy atom. The number of nitrogens with zero attached hydrogens (tertiary/aromatic N) is 1. The van der Waals surface area contributed by atoms with Crippen LogP contribution in [0, 0.1) is 6.92 Å². The zero-order valence-electron chi connectivity index (χ0n) is 11.7. The van der Waals surface area contributed by atoms with Gasteiger partial charge in [-0.05, 0) is 33.9 Å². The Morgan fingerprint density at radius 2 is 2.11 bits per heavy atom. The molecule has 19 heavy (non-hydrogen) atoms. The highest BCUT2D eigenvalue weighted by atomic mass is 16.4.